The third kappa shape index (κ3) is 4.80. The zero-order chi connectivity index (χ0) is 23.8. The van der Waals surface area contributed by atoms with Crippen LogP contribution in [0.3, 0.4) is 0 Å². The van der Waals surface area contributed by atoms with Gasteiger partial charge >= 0.3 is 0 Å². The first kappa shape index (κ1) is 23.8. The number of benzene rings is 1. The number of fused-ring (bicyclic) bond motifs is 1. The van der Waals surface area contributed by atoms with E-state index in [2.05, 4.69) is 39.9 Å². The van der Waals surface area contributed by atoms with Gasteiger partial charge in [0.1, 0.15) is 0 Å². The Balaban J connectivity index is 2.10. The van der Waals surface area contributed by atoms with Crippen molar-refractivity contribution in [2.75, 3.05) is 19.4 Å². The second kappa shape index (κ2) is 8.94. The van der Waals surface area contributed by atoms with Crippen LogP contribution >= 0.6 is 11.8 Å². The SMILES string of the molecule is Cc1nn(C(C)(C)C)c2nc(C(C)C)cc(C(=O)Nc3ccccc3SC(=O)N(C)C)c12. The number of hydrogen-bond donors (Lipinski definition) is 1. The van der Waals surface area contributed by atoms with Gasteiger partial charge in [-0.05, 0) is 63.6 Å². The van der Waals surface area contributed by atoms with Gasteiger partial charge in [-0.25, -0.2) is 9.67 Å². The lowest BCUT2D eigenvalue weighted by atomic mass is 10.0. The van der Waals surface area contributed by atoms with Crippen molar-refractivity contribution in [3.63, 3.8) is 0 Å². The van der Waals surface area contributed by atoms with Gasteiger partial charge in [0, 0.05) is 24.7 Å². The van der Waals surface area contributed by atoms with Crippen LogP contribution in [0.4, 0.5) is 10.5 Å². The summed E-state index contributed by atoms with van der Waals surface area (Å²) in [5.74, 6) is -0.101. The van der Waals surface area contributed by atoms with Crippen LogP contribution in [0.25, 0.3) is 11.0 Å². The average Bonchev–Trinajstić information content (AvgIpc) is 3.05. The molecule has 0 aliphatic rings. The van der Waals surface area contributed by atoms with Gasteiger partial charge in [0.25, 0.3) is 11.1 Å². The van der Waals surface area contributed by atoms with E-state index in [9.17, 15) is 9.59 Å². The van der Waals surface area contributed by atoms with E-state index in [1.54, 1.807) is 20.2 Å². The molecule has 0 aliphatic carbocycles. The number of carbonyl (C=O) groups is 2. The van der Waals surface area contributed by atoms with Gasteiger partial charge in [-0.3, -0.25) is 9.59 Å². The number of nitrogens with zero attached hydrogens (tertiary/aromatic N) is 4. The molecule has 1 aromatic carbocycles. The van der Waals surface area contributed by atoms with Crippen molar-refractivity contribution >= 4 is 39.6 Å². The topological polar surface area (TPSA) is 80.1 Å². The van der Waals surface area contributed by atoms with Crippen molar-refractivity contribution in [2.24, 2.45) is 0 Å². The predicted octanol–water partition coefficient (Wildman–Crippen LogP) is 5.64. The number of carbonyl (C=O) groups excluding carboxylic acids is 2. The van der Waals surface area contributed by atoms with Crippen molar-refractivity contribution in [3.8, 4) is 0 Å². The number of hydrogen-bond acceptors (Lipinski definition) is 5. The van der Waals surface area contributed by atoms with Crippen molar-refractivity contribution in [3.05, 3.63) is 47.3 Å². The van der Waals surface area contributed by atoms with E-state index in [0.29, 0.717) is 21.8 Å². The first-order valence-corrected chi connectivity index (χ1v) is 11.4. The van der Waals surface area contributed by atoms with Crippen LogP contribution in [0, 0.1) is 6.92 Å². The van der Waals surface area contributed by atoms with Crippen molar-refractivity contribution in [1.29, 1.82) is 0 Å². The quantitative estimate of drug-likeness (QED) is 0.517. The monoisotopic (exact) mass is 453 g/mol. The highest BCUT2D eigenvalue weighted by atomic mass is 32.2. The molecule has 8 heteroatoms. The molecule has 0 saturated heterocycles. The van der Waals surface area contributed by atoms with Crippen LogP contribution in [0.1, 0.15) is 62.3 Å². The fourth-order valence-corrected chi connectivity index (χ4v) is 4.03. The highest BCUT2D eigenvalue weighted by molar-refractivity contribution is 8.13. The zero-order valence-electron chi connectivity index (χ0n) is 20.0. The van der Waals surface area contributed by atoms with Gasteiger partial charge in [0.15, 0.2) is 5.65 Å². The summed E-state index contributed by atoms with van der Waals surface area (Å²) in [5, 5.41) is 8.35. The summed E-state index contributed by atoms with van der Waals surface area (Å²) in [7, 11) is 3.40. The Morgan fingerprint density at radius 3 is 2.41 bits per heavy atom. The number of aryl methyl sites for hydroxylation is 1. The van der Waals surface area contributed by atoms with Crippen LogP contribution in [0.5, 0.6) is 0 Å². The molecule has 3 aromatic rings. The summed E-state index contributed by atoms with van der Waals surface area (Å²) in [6.07, 6.45) is 0. The Morgan fingerprint density at radius 1 is 1.16 bits per heavy atom. The number of rotatable bonds is 4. The zero-order valence-corrected chi connectivity index (χ0v) is 20.8. The van der Waals surface area contributed by atoms with Crippen LogP contribution < -0.4 is 5.32 Å². The molecule has 0 aliphatic heterocycles. The van der Waals surface area contributed by atoms with Crippen molar-refractivity contribution < 1.29 is 9.59 Å². The maximum atomic E-state index is 13.5. The minimum Gasteiger partial charge on any atom is -0.339 e. The molecule has 2 heterocycles. The molecule has 0 saturated carbocycles. The fraction of sp³-hybridized carbons (Fsp3) is 0.417. The Bertz CT molecular complexity index is 1180. The number of pyridine rings is 1. The van der Waals surface area contributed by atoms with Crippen LogP contribution in [-0.2, 0) is 5.54 Å². The molecule has 0 spiro atoms. The molecule has 2 amide bonds. The molecule has 0 unspecified atom stereocenters. The number of para-hydroxylation sites is 1. The van der Waals surface area contributed by atoms with E-state index in [1.165, 1.54) is 4.90 Å². The molecule has 1 N–H and O–H groups in total. The minimum atomic E-state index is -0.279. The highest BCUT2D eigenvalue weighted by Crippen LogP contribution is 2.32. The lowest BCUT2D eigenvalue weighted by Gasteiger charge is -2.20. The molecule has 0 fully saturated rings. The number of anilines is 1. The molecular weight excluding hydrogens is 422 g/mol. The molecular formula is C24H31N5O2S. The van der Waals surface area contributed by atoms with Gasteiger partial charge in [-0.2, -0.15) is 5.10 Å². The molecule has 7 nitrogen and oxygen atoms in total. The molecule has 32 heavy (non-hydrogen) atoms. The van der Waals surface area contributed by atoms with Crippen LogP contribution in [-0.4, -0.2) is 44.9 Å². The Labute approximate surface area is 193 Å². The van der Waals surface area contributed by atoms with Gasteiger partial charge < -0.3 is 10.2 Å². The number of amides is 2. The van der Waals surface area contributed by atoms with Crippen molar-refractivity contribution in [2.45, 2.75) is 57.9 Å². The smallest absolute Gasteiger partial charge is 0.286 e. The van der Waals surface area contributed by atoms with Crippen LogP contribution in [0.15, 0.2) is 35.2 Å². The Hall–Kier alpha value is -2.87. The standard InChI is InChI=1S/C24H31N5O2S/c1-14(2)18-13-16(20-15(3)27-29(21(20)25-18)24(4,5)6)22(30)26-17-11-9-10-12-19(17)32-23(31)28(7)8/h9-14H,1-8H3,(H,26,30). The summed E-state index contributed by atoms with van der Waals surface area (Å²) in [5.41, 5.74) is 3.14. The largest absolute Gasteiger partial charge is 0.339 e. The van der Waals surface area contributed by atoms with E-state index in [1.807, 2.05) is 35.9 Å². The molecule has 0 atom stereocenters. The van der Waals surface area contributed by atoms with E-state index in [4.69, 9.17) is 10.1 Å². The third-order valence-corrected chi connectivity index (χ3v) is 6.12. The summed E-state index contributed by atoms with van der Waals surface area (Å²) >= 11 is 1.08. The highest BCUT2D eigenvalue weighted by Gasteiger charge is 2.25. The molecule has 2 aromatic heterocycles. The predicted molar refractivity (Wildman–Crippen MR) is 131 cm³/mol. The maximum absolute atomic E-state index is 13.5. The van der Waals surface area contributed by atoms with E-state index in [-0.39, 0.29) is 22.6 Å². The second-order valence-electron chi connectivity index (χ2n) is 9.33. The number of aromatic nitrogens is 3. The first-order chi connectivity index (χ1) is 14.9. The van der Waals surface area contributed by atoms with E-state index < -0.39 is 0 Å². The lowest BCUT2D eigenvalue weighted by molar-refractivity contribution is 0.102. The average molecular weight is 454 g/mol. The van der Waals surface area contributed by atoms with Crippen molar-refractivity contribution in [1.82, 2.24) is 19.7 Å². The molecule has 0 bridgehead atoms. The maximum Gasteiger partial charge on any atom is 0.286 e. The van der Waals surface area contributed by atoms with Gasteiger partial charge in [-0.15, -0.1) is 0 Å². The Kier molecular flexibility index (Phi) is 6.64. The summed E-state index contributed by atoms with van der Waals surface area (Å²) in [4.78, 5) is 32.8. The minimum absolute atomic E-state index is 0.109. The van der Waals surface area contributed by atoms with Gasteiger partial charge in [-0.1, -0.05) is 26.0 Å². The molecule has 0 radical (unpaired) electrons. The normalized spacial score (nSPS) is 11.8. The number of thioether (sulfide) groups is 1. The summed E-state index contributed by atoms with van der Waals surface area (Å²) in [6.45, 7) is 12.2. The van der Waals surface area contributed by atoms with E-state index >= 15 is 0 Å². The second-order valence-corrected chi connectivity index (χ2v) is 10.3. The fourth-order valence-electron chi connectivity index (χ4n) is 3.28. The number of nitrogens with one attached hydrogen (secondary N) is 1. The molecule has 170 valence electrons. The first-order valence-electron chi connectivity index (χ1n) is 10.6. The van der Waals surface area contributed by atoms with E-state index in [0.717, 1.165) is 28.5 Å². The summed E-state index contributed by atoms with van der Waals surface area (Å²) in [6, 6.07) is 9.16. The van der Waals surface area contributed by atoms with Gasteiger partial charge in [0.05, 0.1) is 27.9 Å². The molecule has 3 rings (SSSR count). The van der Waals surface area contributed by atoms with Crippen LogP contribution in [0.2, 0.25) is 0 Å². The third-order valence-electron chi connectivity index (χ3n) is 5.00. The summed E-state index contributed by atoms with van der Waals surface area (Å²) < 4.78 is 1.89. The lowest BCUT2D eigenvalue weighted by Crippen LogP contribution is -2.24. The van der Waals surface area contributed by atoms with Gasteiger partial charge in [0.2, 0.25) is 0 Å². The Morgan fingerprint density at radius 2 is 1.81 bits per heavy atom.